The molecule has 4 nitrogen and oxygen atoms in total. The molecule has 1 heterocycles. The molecule has 1 aliphatic rings. The van der Waals surface area contributed by atoms with Crippen LogP contribution in [-0.4, -0.2) is 23.3 Å². The van der Waals surface area contributed by atoms with E-state index in [1.807, 2.05) is 18.2 Å². The van der Waals surface area contributed by atoms with Crippen LogP contribution in [0.5, 0.6) is 0 Å². The smallest absolute Gasteiger partial charge is 0.254 e. The molecule has 0 bridgehead atoms. The van der Waals surface area contributed by atoms with Gasteiger partial charge in [0.25, 0.3) is 5.91 Å². The highest BCUT2D eigenvalue weighted by Gasteiger charge is 2.28. The number of rotatable bonds is 5. The fourth-order valence-corrected chi connectivity index (χ4v) is 2.25. The van der Waals surface area contributed by atoms with Crippen LogP contribution in [0, 0.1) is 0 Å². The molecule has 0 atom stereocenters. The van der Waals surface area contributed by atoms with E-state index >= 15 is 0 Å². The number of halogens is 1. The Morgan fingerprint density at radius 2 is 2.14 bits per heavy atom. The average molecular weight is 317 g/mol. The van der Waals surface area contributed by atoms with E-state index < -0.39 is 0 Å². The Balaban J connectivity index is 1.94. The predicted molar refractivity (Wildman–Crippen MR) is 87.2 cm³/mol. The molecule has 1 aliphatic heterocycles. The van der Waals surface area contributed by atoms with Gasteiger partial charge >= 0.3 is 0 Å². The Bertz CT molecular complexity index is 677. The van der Waals surface area contributed by atoms with Crippen LogP contribution >= 0.6 is 11.6 Å². The molecule has 114 valence electrons. The Labute approximate surface area is 134 Å². The molecular weight excluding hydrogens is 300 g/mol. The molecule has 0 aromatic heterocycles. The number of hydrogen-bond acceptors (Lipinski definition) is 2. The molecule has 2 amide bonds. The molecule has 0 saturated carbocycles. The van der Waals surface area contributed by atoms with Crippen molar-refractivity contribution in [2.45, 2.75) is 13.5 Å². The summed E-state index contributed by atoms with van der Waals surface area (Å²) in [6.45, 7) is 5.78. The maximum atomic E-state index is 12.2. The van der Waals surface area contributed by atoms with Crippen LogP contribution in [0.2, 0.25) is 0 Å². The molecule has 22 heavy (non-hydrogen) atoms. The van der Waals surface area contributed by atoms with Gasteiger partial charge in [0, 0.05) is 22.8 Å². The molecule has 5 heteroatoms. The largest absolute Gasteiger partial charge is 0.329 e. The predicted octanol–water partition coefficient (Wildman–Crippen LogP) is 2.97. The maximum absolute atomic E-state index is 12.2. The molecule has 1 N–H and O–H groups in total. The van der Waals surface area contributed by atoms with Gasteiger partial charge in [-0.25, -0.2) is 0 Å². The Hall–Kier alpha value is -2.33. The third kappa shape index (κ3) is 3.86. The number of allylic oxidation sites excluding steroid dienone is 5. The minimum Gasteiger partial charge on any atom is -0.329 e. The minimum absolute atomic E-state index is 0.0254. The molecular formula is C17H17ClN2O2. The van der Waals surface area contributed by atoms with Crippen LogP contribution in [0.4, 0.5) is 0 Å². The van der Waals surface area contributed by atoms with Crippen molar-refractivity contribution in [3.05, 3.63) is 70.9 Å². The highest BCUT2D eigenvalue weighted by atomic mass is 35.5. The average Bonchev–Trinajstić information content (AvgIpc) is 2.81. The number of nitrogens with zero attached hydrogens (tertiary/aromatic N) is 1. The number of fused-ring (bicyclic) bond motifs is 1. The lowest BCUT2D eigenvalue weighted by Crippen LogP contribution is -2.36. The van der Waals surface area contributed by atoms with E-state index in [0.717, 1.165) is 5.56 Å². The summed E-state index contributed by atoms with van der Waals surface area (Å²) >= 11 is 5.79. The zero-order valence-electron chi connectivity index (χ0n) is 12.3. The monoisotopic (exact) mass is 316 g/mol. The Morgan fingerprint density at radius 1 is 1.41 bits per heavy atom. The third-order valence-corrected chi connectivity index (χ3v) is 3.54. The molecule has 0 saturated heterocycles. The van der Waals surface area contributed by atoms with Crippen LogP contribution in [-0.2, 0) is 11.3 Å². The first-order valence-electron chi connectivity index (χ1n) is 6.85. The Kier molecular flexibility index (Phi) is 5.17. The molecule has 0 spiro atoms. The molecule has 0 fully saturated rings. The van der Waals surface area contributed by atoms with Gasteiger partial charge in [-0.2, -0.15) is 0 Å². The van der Waals surface area contributed by atoms with Crippen molar-refractivity contribution in [1.29, 1.82) is 0 Å². The third-order valence-electron chi connectivity index (χ3n) is 3.25. The summed E-state index contributed by atoms with van der Waals surface area (Å²) in [5, 5.41) is 3.21. The fraction of sp³-hybridized carbons (Fsp3) is 0.176. The molecule has 1 aromatic carbocycles. The lowest BCUT2D eigenvalue weighted by Gasteiger charge is -2.15. The topological polar surface area (TPSA) is 49.4 Å². The van der Waals surface area contributed by atoms with Crippen LogP contribution in [0.15, 0.2) is 59.8 Å². The standard InChI is InChI=1S/C17H17ClN2O2/c1-3-14(18)9-8-12(2)19-16(21)11-20-10-13-6-4-5-7-15(13)17(20)22/h3-9H,1,10-11H2,2H3,(H,19,21)/b12-8+,14-9+. The molecule has 0 unspecified atom stereocenters. The van der Waals surface area contributed by atoms with Crippen molar-refractivity contribution in [1.82, 2.24) is 10.2 Å². The van der Waals surface area contributed by atoms with Gasteiger partial charge in [0.05, 0.1) is 0 Å². The van der Waals surface area contributed by atoms with Crippen LogP contribution in [0.25, 0.3) is 0 Å². The highest BCUT2D eigenvalue weighted by molar-refractivity contribution is 6.31. The minimum atomic E-state index is -0.238. The normalized spacial score (nSPS) is 14.8. The summed E-state index contributed by atoms with van der Waals surface area (Å²) in [5.41, 5.74) is 2.27. The van der Waals surface area contributed by atoms with E-state index in [-0.39, 0.29) is 18.4 Å². The van der Waals surface area contributed by atoms with Crippen LogP contribution in [0.1, 0.15) is 22.8 Å². The summed E-state index contributed by atoms with van der Waals surface area (Å²) in [7, 11) is 0. The lowest BCUT2D eigenvalue weighted by molar-refractivity contribution is -0.121. The van der Waals surface area contributed by atoms with Crippen LogP contribution < -0.4 is 5.32 Å². The van der Waals surface area contributed by atoms with Gasteiger partial charge in [-0.15, -0.1) is 0 Å². The quantitative estimate of drug-likeness (QED) is 0.849. The Morgan fingerprint density at radius 3 is 2.82 bits per heavy atom. The number of carbonyl (C=O) groups excluding carboxylic acids is 2. The van der Waals surface area contributed by atoms with Gasteiger partial charge in [-0.05, 0) is 30.7 Å². The van der Waals surface area contributed by atoms with E-state index in [0.29, 0.717) is 22.8 Å². The molecule has 1 aromatic rings. The van der Waals surface area contributed by atoms with E-state index in [1.54, 1.807) is 25.1 Å². The van der Waals surface area contributed by atoms with Crippen molar-refractivity contribution in [3.8, 4) is 0 Å². The van der Waals surface area contributed by atoms with E-state index in [1.165, 1.54) is 11.0 Å². The SMILES string of the molecule is C=C/C(Cl)=C\C=C(/C)NC(=O)CN1Cc2ccccc2C1=O. The second-order valence-electron chi connectivity index (χ2n) is 4.97. The van der Waals surface area contributed by atoms with Gasteiger partial charge < -0.3 is 10.2 Å². The first-order valence-corrected chi connectivity index (χ1v) is 7.22. The van der Waals surface area contributed by atoms with E-state index in [9.17, 15) is 9.59 Å². The maximum Gasteiger partial charge on any atom is 0.254 e. The number of benzene rings is 1. The van der Waals surface area contributed by atoms with E-state index in [2.05, 4.69) is 11.9 Å². The van der Waals surface area contributed by atoms with Gasteiger partial charge in [0.15, 0.2) is 0 Å². The second-order valence-corrected chi connectivity index (χ2v) is 5.41. The summed E-state index contributed by atoms with van der Waals surface area (Å²) < 4.78 is 0. The summed E-state index contributed by atoms with van der Waals surface area (Å²) in [6, 6.07) is 7.39. The van der Waals surface area contributed by atoms with Crippen LogP contribution in [0.3, 0.4) is 0 Å². The van der Waals surface area contributed by atoms with Crippen molar-refractivity contribution >= 4 is 23.4 Å². The summed E-state index contributed by atoms with van der Waals surface area (Å²) in [4.78, 5) is 25.7. The van der Waals surface area contributed by atoms with Gasteiger partial charge in [0.2, 0.25) is 5.91 Å². The van der Waals surface area contributed by atoms with Gasteiger partial charge in [-0.3, -0.25) is 9.59 Å². The van der Waals surface area contributed by atoms with E-state index in [4.69, 9.17) is 11.6 Å². The first-order chi connectivity index (χ1) is 10.5. The number of hydrogen-bond donors (Lipinski definition) is 1. The van der Waals surface area contributed by atoms with Crippen molar-refractivity contribution in [2.75, 3.05) is 6.54 Å². The zero-order valence-corrected chi connectivity index (χ0v) is 13.1. The molecule has 0 radical (unpaired) electrons. The van der Waals surface area contributed by atoms with Crippen molar-refractivity contribution in [3.63, 3.8) is 0 Å². The first kappa shape index (κ1) is 16.0. The van der Waals surface area contributed by atoms with Gasteiger partial charge in [-0.1, -0.05) is 42.5 Å². The number of nitrogens with one attached hydrogen (secondary N) is 1. The lowest BCUT2D eigenvalue weighted by atomic mass is 10.1. The van der Waals surface area contributed by atoms with Gasteiger partial charge in [0.1, 0.15) is 6.54 Å². The highest BCUT2D eigenvalue weighted by Crippen LogP contribution is 2.21. The van der Waals surface area contributed by atoms with Crippen molar-refractivity contribution in [2.24, 2.45) is 0 Å². The van der Waals surface area contributed by atoms with Crippen molar-refractivity contribution < 1.29 is 9.59 Å². The zero-order chi connectivity index (χ0) is 16.1. The number of carbonyl (C=O) groups is 2. The molecule has 0 aliphatic carbocycles. The second kappa shape index (κ2) is 7.09. The number of amides is 2. The molecule has 2 rings (SSSR count). The summed E-state index contributed by atoms with van der Waals surface area (Å²) in [6.07, 6.45) is 4.83. The fourth-order valence-electron chi connectivity index (χ4n) is 2.19. The summed E-state index contributed by atoms with van der Waals surface area (Å²) in [5.74, 6) is -0.347.